The smallest absolute Gasteiger partial charge is 0.350 e. The fourth-order valence-electron chi connectivity index (χ4n) is 5.65. The van der Waals surface area contributed by atoms with E-state index < -0.39 is 11.6 Å². The highest BCUT2D eigenvalue weighted by molar-refractivity contribution is 7.80. The van der Waals surface area contributed by atoms with Crippen LogP contribution in [0.1, 0.15) is 75.7 Å². The summed E-state index contributed by atoms with van der Waals surface area (Å²) in [5.74, 6) is -0.0941. The first-order chi connectivity index (χ1) is 15.9. The molecule has 0 radical (unpaired) electrons. The molecule has 8 heteroatoms. The zero-order valence-corrected chi connectivity index (χ0v) is 20.6. The van der Waals surface area contributed by atoms with Crippen molar-refractivity contribution < 1.29 is 18.0 Å². The third kappa shape index (κ3) is 3.88. The lowest BCUT2D eigenvalue weighted by Crippen LogP contribution is -2.56. The first-order valence-electron chi connectivity index (χ1n) is 12.0. The van der Waals surface area contributed by atoms with Crippen molar-refractivity contribution in [3.8, 4) is 11.3 Å². The Bertz CT molecular complexity index is 1150. The first kappa shape index (κ1) is 23.5. The molecule has 4 nitrogen and oxygen atoms in total. The minimum absolute atomic E-state index is 0.0524. The summed E-state index contributed by atoms with van der Waals surface area (Å²) in [6.07, 6.45) is -0.520. The van der Waals surface area contributed by atoms with Gasteiger partial charge in [0.25, 0.3) is 0 Å². The third-order valence-electron chi connectivity index (χ3n) is 7.74. The number of carbonyl (C=O) groups is 1. The first-order valence-corrected chi connectivity index (χ1v) is 12.4. The number of hydrogen-bond acceptors (Lipinski definition) is 3. The highest BCUT2D eigenvalue weighted by Crippen LogP contribution is 2.59. The van der Waals surface area contributed by atoms with Crippen LogP contribution in [0.2, 0.25) is 0 Å². The molecule has 2 saturated carbocycles. The minimum atomic E-state index is -4.25. The largest absolute Gasteiger partial charge is 0.398 e. The second-order valence-electron chi connectivity index (χ2n) is 10.9. The minimum Gasteiger partial charge on any atom is -0.350 e. The van der Waals surface area contributed by atoms with Crippen molar-refractivity contribution >= 4 is 23.0 Å². The molecule has 1 aromatic heterocycles. The van der Waals surface area contributed by atoms with Crippen molar-refractivity contribution in [3.63, 3.8) is 0 Å². The fraction of sp³-hybridized carbons (Fsp3) is 0.577. The van der Waals surface area contributed by atoms with E-state index in [1.807, 2.05) is 31.5 Å². The molecule has 182 valence electrons. The normalized spacial score (nSPS) is 22.8. The highest BCUT2D eigenvalue weighted by atomic mass is 32.1. The summed E-state index contributed by atoms with van der Waals surface area (Å²) in [4.78, 5) is 14.0. The molecule has 0 bridgehead atoms. The Morgan fingerprint density at radius 1 is 1.26 bits per heavy atom. The molecule has 0 saturated heterocycles. The average molecular weight is 490 g/mol. The second-order valence-corrected chi connectivity index (χ2v) is 11.4. The number of alkyl halides is 3. The van der Waals surface area contributed by atoms with Gasteiger partial charge >= 0.3 is 6.18 Å². The Balaban J connectivity index is 1.44. The predicted molar refractivity (Wildman–Crippen MR) is 129 cm³/mol. The summed E-state index contributed by atoms with van der Waals surface area (Å²) >= 11 is 5.22. The molecule has 0 aliphatic heterocycles. The van der Waals surface area contributed by atoms with E-state index in [2.05, 4.69) is 5.32 Å². The summed E-state index contributed by atoms with van der Waals surface area (Å²) in [5, 5.41) is 8.05. The number of nitrogens with one attached hydrogen (secondary N) is 1. The third-order valence-corrected chi connectivity index (χ3v) is 8.03. The van der Waals surface area contributed by atoms with Crippen molar-refractivity contribution in [3.05, 3.63) is 41.1 Å². The van der Waals surface area contributed by atoms with Gasteiger partial charge in [-0.3, -0.25) is 9.48 Å². The molecule has 3 aliphatic carbocycles. The van der Waals surface area contributed by atoms with Gasteiger partial charge in [0, 0.05) is 53.6 Å². The molecular formula is C26H30F3N3OS. The van der Waals surface area contributed by atoms with Crippen molar-refractivity contribution in [2.75, 3.05) is 0 Å². The molecule has 0 spiro atoms. The van der Waals surface area contributed by atoms with Gasteiger partial charge in [-0.1, -0.05) is 30.4 Å². The van der Waals surface area contributed by atoms with E-state index in [-0.39, 0.29) is 36.2 Å². The Kier molecular flexibility index (Phi) is 5.47. The van der Waals surface area contributed by atoms with Crippen LogP contribution in [0.3, 0.4) is 0 Å². The Hall–Kier alpha value is -2.22. The van der Waals surface area contributed by atoms with Crippen molar-refractivity contribution in [2.45, 2.75) is 88.9 Å². The number of hydrogen-bond donors (Lipinski definition) is 1. The monoisotopic (exact) mass is 489 g/mol. The SMILES string of the molecule is CC(C)n1nc(-c2cccc(C3(C(F)(F)F)CC3)c2)c2c1CC(C(=O)NC1(C)CC(=S)C1)CC2. The van der Waals surface area contributed by atoms with Gasteiger partial charge in [-0.05, 0) is 62.9 Å². The number of halogens is 3. The molecule has 3 aliphatic rings. The van der Waals surface area contributed by atoms with E-state index >= 15 is 0 Å². The number of thiocarbonyl (C=S) groups is 1. The van der Waals surface area contributed by atoms with E-state index in [1.165, 1.54) is 0 Å². The summed E-state index contributed by atoms with van der Waals surface area (Å²) in [5.41, 5.74) is 1.92. The molecule has 2 fully saturated rings. The van der Waals surface area contributed by atoms with E-state index in [0.717, 1.165) is 40.2 Å². The van der Waals surface area contributed by atoms with Gasteiger partial charge in [0.15, 0.2) is 0 Å². The number of nitrogens with zero attached hydrogens (tertiary/aromatic N) is 2. The summed E-state index contributed by atoms with van der Waals surface area (Å²) in [6.45, 7) is 6.11. The van der Waals surface area contributed by atoms with Gasteiger partial charge in [-0.2, -0.15) is 18.3 Å². The zero-order valence-electron chi connectivity index (χ0n) is 19.8. The Morgan fingerprint density at radius 3 is 2.56 bits per heavy atom. The van der Waals surface area contributed by atoms with Crippen LogP contribution in [-0.4, -0.2) is 32.3 Å². The number of aromatic nitrogens is 2. The van der Waals surface area contributed by atoms with Crippen LogP contribution in [0, 0.1) is 5.92 Å². The molecule has 1 aromatic carbocycles. The highest BCUT2D eigenvalue weighted by Gasteiger charge is 2.64. The number of amides is 1. The summed E-state index contributed by atoms with van der Waals surface area (Å²) < 4.78 is 43.1. The Morgan fingerprint density at radius 2 is 1.97 bits per heavy atom. The van der Waals surface area contributed by atoms with E-state index in [0.29, 0.717) is 24.8 Å². The van der Waals surface area contributed by atoms with Crippen LogP contribution in [0.15, 0.2) is 24.3 Å². The molecule has 2 aromatic rings. The van der Waals surface area contributed by atoms with Crippen LogP contribution >= 0.6 is 12.2 Å². The molecule has 5 rings (SSSR count). The number of carbonyl (C=O) groups excluding carboxylic acids is 1. The predicted octanol–water partition coefficient (Wildman–Crippen LogP) is 5.87. The molecule has 1 unspecified atom stereocenters. The van der Waals surface area contributed by atoms with E-state index in [9.17, 15) is 18.0 Å². The molecular weight excluding hydrogens is 459 g/mol. The maximum Gasteiger partial charge on any atom is 0.398 e. The van der Waals surface area contributed by atoms with Crippen LogP contribution < -0.4 is 5.32 Å². The topological polar surface area (TPSA) is 46.9 Å². The summed E-state index contributed by atoms with van der Waals surface area (Å²) in [7, 11) is 0. The van der Waals surface area contributed by atoms with Crippen molar-refractivity contribution in [2.24, 2.45) is 5.92 Å². The molecule has 1 heterocycles. The Labute approximate surface area is 203 Å². The lowest BCUT2D eigenvalue weighted by Gasteiger charge is -2.41. The van der Waals surface area contributed by atoms with Gasteiger partial charge in [0.2, 0.25) is 5.91 Å². The fourth-order valence-corrected chi connectivity index (χ4v) is 6.29. The van der Waals surface area contributed by atoms with Gasteiger partial charge < -0.3 is 5.32 Å². The lowest BCUT2D eigenvalue weighted by molar-refractivity contribution is -0.160. The zero-order chi connectivity index (χ0) is 24.5. The molecule has 34 heavy (non-hydrogen) atoms. The number of benzene rings is 1. The number of fused-ring (bicyclic) bond motifs is 1. The van der Waals surface area contributed by atoms with Gasteiger partial charge in [0.1, 0.15) is 0 Å². The second kappa shape index (κ2) is 7.90. The average Bonchev–Trinajstić information content (AvgIpc) is 3.48. The summed E-state index contributed by atoms with van der Waals surface area (Å²) in [6, 6.07) is 6.90. The van der Waals surface area contributed by atoms with Gasteiger partial charge in [-0.25, -0.2) is 0 Å². The molecule has 1 N–H and O–H groups in total. The van der Waals surface area contributed by atoms with Crippen molar-refractivity contribution in [1.82, 2.24) is 15.1 Å². The quantitative estimate of drug-likeness (QED) is 0.535. The van der Waals surface area contributed by atoms with Crippen LogP contribution in [0.5, 0.6) is 0 Å². The van der Waals surface area contributed by atoms with E-state index in [4.69, 9.17) is 17.3 Å². The van der Waals surface area contributed by atoms with Gasteiger partial charge in [0.05, 0.1) is 11.1 Å². The van der Waals surface area contributed by atoms with Crippen LogP contribution in [0.25, 0.3) is 11.3 Å². The molecule has 1 atom stereocenters. The maximum absolute atomic E-state index is 13.7. The van der Waals surface area contributed by atoms with Gasteiger partial charge in [-0.15, -0.1) is 0 Å². The molecule has 1 amide bonds. The standard InChI is InChI=1S/C26H30F3N3OS/c1-15(2)32-21-12-17(23(33)30-24(3)13-19(34)14-24)7-8-20(21)22(31-32)16-5-4-6-18(11-16)25(9-10-25)26(27,28)29/h4-6,11,15,17H,7-10,12-14H2,1-3H3,(H,30,33). The lowest BCUT2D eigenvalue weighted by atomic mass is 9.77. The van der Waals surface area contributed by atoms with E-state index in [1.54, 1.807) is 18.2 Å². The number of rotatable bonds is 5. The van der Waals surface area contributed by atoms with Crippen molar-refractivity contribution in [1.29, 1.82) is 0 Å². The van der Waals surface area contributed by atoms with Crippen LogP contribution in [0.4, 0.5) is 13.2 Å². The maximum atomic E-state index is 13.7. The van der Waals surface area contributed by atoms with Crippen LogP contribution in [-0.2, 0) is 23.1 Å².